The molecule has 0 atom stereocenters. The summed E-state index contributed by atoms with van der Waals surface area (Å²) in [6.45, 7) is 2.21. The van der Waals surface area contributed by atoms with E-state index in [2.05, 4.69) is 33.0 Å². The van der Waals surface area contributed by atoms with Gasteiger partial charge < -0.3 is 9.84 Å². The Labute approximate surface area is 177 Å². The minimum Gasteiger partial charge on any atom is -0.351 e. The number of hydrogen-bond acceptors (Lipinski definition) is 6. The molecule has 1 aliphatic carbocycles. The zero-order chi connectivity index (χ0) is 20.5. The highest BCUT2D eigenvalue weighted by molar-refractivity contribution is 7.10. The molecule has 0 saturated heterocycles. The summed E-state index contributed by atoms with van der Waals surface area (Å²) in [5.74, 6) is 1.04. The summed E-state index contributed by atoms with van der Waals surface area (Å²) < 4.78 is 5.13. The van der Waals surface area contributed by atoms with Gasteiger partial charge in [-0.15, -0.1) is 11.3 Å². The molecule has 0 spiro atoms. The lowest BCUT2D eigenvalue weighted by atomic mass is 10.00. The zero-order valence-corrected chi connectivity index (χ0v) is 17.3. The van der Waals surface area contributed by atoms with Crippen LogP contribution in [0.1, 0.15) is 44.6 Å². The second-order valence-corrected chi connectivity index (χ2v) is 8.24. The molecule has 1 N–H and O–H groups in total. The van der Waals surface area contributed by atoms with Crippen LogP contribution in [-0.2, 0) is 12.8 Å². The van der Waals surface area contributed by atoms with Gasteiger partial charge in [0, 0.05) is 23.2 Å². The van der Waals surface area contributed by atoms with Gasteiger partial charge in [-0.05, 0) is 54.5 Å². The number of thiophene rings is 1. The van der Waals surface area contributed by atoms with Crippen LogP contribution in [0.4, 0.5) is 0 Å². The number of nitrogens with one attached hydrogen (secondary N) is 1. The van der Waals surface area contributed by atoms with Crippen LogP contribution in [0.5, 0.6) is 0 Å². The van der Waals surface area contributed by atoms with Crippen molar-refractivity contribution in [3.63, 3.8) is 0 Å². The monoisotopic (exact) mass is 416 g/mol. The van der Waals surface area contributed by atoms with E-state index in [1.165, 1.54) is 10.5 Å². The van der Waals surface area contributed by atoms with Crippen LogP contribution in [0.25, 0.3) is 22.6 Å². The first kappa shape index (κ1) is 18.7. The maximum absolute atomic E-state index is 13.2. The molecule has 1 amide bonds. The highest BCUT2D eigenvalue weighted by Crippen LogP contribution is 2.37. The van der Waals surface area contributed by atoms with Crippen molar-refractivity contribution >= 4 is 39.8 Å². The molecule has 150 valence electrons. The number of carbonyl (C=O) groups is 1. The fourth-order valence-corrected chi connectivity index (χ4v) is 4.58. The van der Waals surface area contributed by atoms with Gasteiger partial charge in [-0.3, -0.25) is 4.79 Å². The molecule has 0 radical (unpaired) electrons. The van der Waals surface area contributed by atoms with Crippen LogP contribution in [0.2, 0.25) is 0 Å². The summed E-state index contributed by atoms with van der Waals surface area (Å²) >= 11 is 1.71. The van der Waals surface area contributed by atoms with E-state index in [-0.39, 0.29) is 5.91 Å². The van der Waals surface area contributed by atoms with E-state index in [4.69, 9.17) is 9.51 Å². The van der Waals surface area contributed by atoms with Crippen molar-refractivity contribution in [2.24, 2.45) is 0 Å². The molecule has 1 aliphatic rings. The maximum atomic E-state index is 13.2. The lowest BCUT2D eigenvalue weighted by molar-refractivity contribution is 0.0954. The first-order valence-electron chi connectivity index (χ1n) is 9.92. The Bertz CT molecular complexity index is 1260. The fourth-order valence-electron chi connectivity index (χ4n) is 3.90. The zero-order valence-electron chi connectivity index (χ0n) is 16.5. The summed E-state index contributed by atoms with van der Waals surface area (Å²) in [6.07, 6.45) is 4.40. The number of nitrogens with zero attached hydrogens (tertiary/aromatic N) is 3. The average Bonchev–Trinajstić information content (AvgIpc) is 3.49. The Morgan fingerprint density at radius 2 is 2.10 bits per heavy atom. The Hall–Kier alpha value is -3.32. The number of allylic oxidation sites excluding steroid dienone is 1. The first-order chi connectivity index (χ1) is 14.7. The predicted octanol–water partition coefficient (Wildman–Crippen LogP) is 4.45. The second kappa shape index (κ2) is 7.84. The highest BCUT2D eigenvalue weighted by Gasteiger charge is 2.26. The van der Waals surface area contributed by atoms with E-state index in [0.717, 1.165) is 40.6 Å². The van der Waals surface area contributed by atoms with E-state index >= 15 is 0 Å². The third kappa shape index (κ3) is 3.52. The van der Waals surface area contributed by atoms with Gasteiger partial charge in [-0.2, -0.15) is 4.98 Å². The SMILES string of the molecule is Cc1noc(CCNC(=O)c2c3c(nc4ccccc24)/C(=C\c2cccs2)CC3)n1. The van der Waals surface area contributed by atoms with Gasteiger partial charge in [-0.1, -0.05) is 29.4 Å². The molecule has 1 aromatic carbocycles. The Balaban J connectivity index is 1.49. The summed E-state index contributed by atoms with van der Waals surface area (Å²) in [4.78, 5) is 23.5. The predicted molar refractivity (Wildman–Crippen MR) is 117 cm³/mol. The lowest BCUT2D eigenvalue weighted by Crippen LogP contribution is -2.27. The van der Waals surface area contributed by atoms with E-state index in [1.807, 2.05) is 30.3 Å². The van der Waals surface area contributed by atoms with Gasteiger partial charge >= 0.3 is 0 Å². The summed E-state index contributed by atoms with van der Waals surface area (Å²) in [5, 5.41) is 9.77. The van der Waals surface area contributed by atoms with Gasteiger partial charge in [0.1, 0.15) is 0 Å². The summed E-state index contributed by atoms with van der Waals surface area (Å²) in [5.41, 5.74) is 4.73. The van der Waals surface area contributed by atoms with E-state index < -0.39 is 0 Å². The number of hydrogen-bond donors (Lipinski definition) is 1. The van der Waals surface area contributed by atoms with Crippen LogP contribution in [0, 0.1) is 6.92 Å². The number of para-hydroxylation sites is 1. The molecular formula is C23H20N4O2S. The van der Waals surface area contributed by atoms with Crippen molar-refractivity contribution in [1.29, 1.82) is 0 Å². The quantitative estimate of drug-likeness (QED) is 0.520. The standard InChI is InChI=1S/C23H20N4O2S/c1-14-25-20(29-27-14)10-11-24-23(28)21-17-6-2-3-7-19(17)26-22-15(8-9-18(21)22)13-16-5-4-12-30-16/h2-7,12-13H,8-11H2,1H3,(H,24,28)/b15-13-. The largest absolute Gasteiger partial charge is 0.351 e. The van der Waals surface area contributed by atoms with Gasteiger partial charge in [0.15, 0.2) is 5.82 Å². The molecule has 0 bridgehead atoms. The molecule has 30 heavy (non-hydrogen) atoms. The van der Waals surface area contributed by atoms with Gasteiger partial charge in [0.25, 0.3) is 5.91 Å². The highest BCUT2D eigenvalue weighted by atomic mass is 32.1. The average molecular weight is 417 g/mol. The molecule has 0 unspecified atom stereocenters. The summed E-state index contributed by atoms with van der Waals surface area (Å²) in [7, 11) is 0. The molecule has 0 aliphatic heterocycles. The molecule has 7 heteroatoms. The first-order valence-corrected chi connectivity index (χ1v) is 10.8. The van der Waals surface area contributed by atoms with Crippen molar-refractivity contribution in [1.82, 2.24) is 20.4 Å². The van der Waals surface area contributed by atoms with Crippen molar-refractivity contribution in [2.75, 3.05) is 6.54 Å². The lowest BCUT2D eigenvalue weighted by Gasteiger charge is -2.12. The van der Waals surface area contributed by atoms with Crippen LogP contribution in [0.15, 0.2) is 46.3 Å². The van der Waals surface area contributed by atoms with E-state index in [9.17, 15) is 4.79 Å². The van der Waals surface area contributed by atoms with Crippen molar-refractivity contribution in [3.8, 4) is 0 Å². The Morgan fingerprint density at radius 3 is 2.90 bits per heavy atom. The third-order valence-electron chi connectivity index (χ3n) is 5.22. The van der Waals surface area contributed by atoms with Crippen molar-refractivity contribution in [2.45, 2.75) is 26.2 Å². The third-order valence-corrected chi connectivity index (χ3v) is 6.04. The van der Waals surface area contributed by atoms with Gasteiger partial charge in [0.2, 0.25) is 5.89 Å². The molecule has 4 aromatic rings. The molecular weight excluding hydrogens is 396 g/mol. The number of aryl methyl sites for hydroxylation is 1. The topological polar surface area (TPSA) is 80.9 Å². The number of pyridine rings is 1. The van der Waals surface area contributed by atoms with Crippen molar-refractivity contribution < 1.29 is 9.32 Å². The number of carbonyl (C=O) groups excluding carboxylic acids is 1. The minimum absolute atomic E-state index is 0.0848. The normalized spacial score (nSPS) is 14.4. The Kier molecular flexibility index (Phi) is 4.88. The molecule has 0 saturated carbocycles. The molecule has 3 heterocycles. The number of benzene rings is 1. The smallest absolute Gasteiger partial charge is 0.252 e. The molecule has 3 aromatic heterocycles. The molecule has 5 rings (SSSR count). The van der Waals surface area contributed by atoms with Crippen molar-refractivity contribution in [3.05, 3.63) is 75.2 Å². The van der Waals surface area contributed by atoms with Gasteiger partial charge in [0.05, 0.1) is 16.8 Å². The number of fused-ring (bicyclic) bond motifs is 2. The number of amides is 1. The number of rotatable bonds is 5. The van der Waals surface area contributed by atoms with Gasteiger partial charge in [-0.25, -0.2) is 4.98 Å². The fraction of sp³-hybridized carbons (Fsp3) is 0.217. The van der Waals surface area contributed by atoms with Crippen LogP contribution < -0.4 is 5.32 Å². The van der Waals surface area contributed by atoms with E-state index in [0.29, 0.717) is 24.7 Å². The van der Waals surface area contributed by atoms with Crippen LogP contribution >= 0.6 is 11.3 Å². The van der Waals surface area contributed by atoms with E-state index in [1.54, 1.807) is 18.3 Å². The molecule has 0 fully saturated rings. The number of aromatic nitrogens is 3. The van der Waals surface area contributed by atoms with Crippen LogP contribution in [-0.4, -0.2) is 27.6 Å². The molecule has 6 nitrogen and oxygen atoms in total. The maximum Gasteiger partial charge on any atom is 0.252 e. The Morgan fingerprint density at radius 1 is 1.20 bits per heavy atom. The second-order valence-electron chi connectivity index (χ2n) is 7.26. The van der Waals surface area contributed by atoms with Crippen LogP contribution in [0.3, 0.4) is 0 Å². The summed E-state index contributed by atoms with van der Waals surface area (Å²) in [6, 6.07) is 12.0. The minimum atomic E-state index is -0.0848.